The predicted octanol–water partition coefficient (Wildman–Crippen LogP) is 2.17. The van der Waals surface area contributed by atoms with E-state index in [0.717, 1.165) is 11.3 Å². The van der Waals surface area contributed by atoms with Crippen LogP contribution in [0.3, 0.4) is 0 Å². The van der Waals surface area contributed by atoms with Crippen LogP contribution in [-0.4, -0.2) is 32.7 Å². The van der Waals surface area contributed by atoms with E-state index < -0.39 is 0 Å². The zero-order valence-corrected chi connectivity index (χ0v) is 12.5. The number of benzene rings is 2. The number of nitrogens with zero attached hydrogens (tertiary/aromatic N) is 2. The first-order chi connectivity index (χ1) is 9.75. The molecule has 1 aliphatic rings. The van der Waals surface area contributed by atoms with Gasteiger partial charge in [-0.05, 0) is 0 Å². The molecule has 0 aliphatic carbocycles. The summed E-state index contributed by atoms with van der Waals surface area (Å²) < 4.78 is 0.641. The van der Waals surface area contributed by atoms with Crippen LogP contribution < -0.4 is 4.90 Å². The van der Waals surface area contributed by atoms with Gasteiger partial charge in [-0.3, -0.25) is 0 Å². The molecule has 0 saturated heterocycles. The molecule has 1 atom stereocenters. The SMILES string of the molecule is O=C1[C@H](Cc2ccccc2)N=C([Se])N1c1ccccc1. The standard InChI is InChI=1S/C16H13N2OSe/c19-15-14(11-12-7-3-1-4-8-12)17-16(20)18(15)13-9-5-2-6-10-13/h1-10,14H,11H2/t14-/m0/s1. The normalized spacial score (nSPS) is 18.2. The van der Waals surface area contributed by atoms with Crippen LogP contribution in [0.1, 0.15) is 5.56 Å². The van der Waals surface area contributed by atoms with E-state index in [1.165, 1.54) is 0 Å². The van der Waals surface area contributed by atoms with Crippen LogP contribution in [0.2, 0.25) is 0 Å². The van der Waals surface area contributed by atoms with Crippen molar-refractivity contribution in [3.63, 3.8) is 0 Å². The molecule has 0 aromatic heterocycles. The van der Waals surface area contributed by atoms with Crippen molar-refractivity contribution in [2.75, 3.05) is 4.90 Å². The second kappa shape index (κ2) is 5.61. The predicted molar refractivity (Wildman–Crippen MR) is 81.1 cm³/mol. The van der Waals surface area contributed by atoms with Gasteiger partial charge in [-0.1, -0.05) is 0 Å². The summed E-state index contributed by atoms with van der Waals surface area (Å²) in [6, 6.07) is 19.2. The summed E-state index contributed by atoms with van der Waals surface area (Å²) in [6.07, 6.45) is 0.633. The van der Waals surface area contributed by atoms with E-state index >= 15 is 0 Å². The molecule has 0 bridgehead atoms. The second-order valence-electron chi connectivity index (χ2n) is 4.63. The van der Waals surface area contributed by atoms with Crippen molar-refractivity contribution >= 4 is 32.3 Å². The number of amides is 1. The van der Waals surface area contributed by atoms with Crippen molar-refractivity contribution in [2.45, 2.75) is 12.5 Å². The van der Waals surface area contributed by atoms with Gasteiger partial charge in [0.15, 0.2) is 0 Å². The number of hydrogen-bond donors (Lipinski definition) is 0. The number of anilines is 1. The number of para-hydroxylation sites is 1. The number of amidine groups is 1. The maximum atomic E-state index is 12.5. The fourth-order valence-electron chi connectivity index (χ4n) is 2.27. The van der Waals surface area contributed by atoms with Gasteiger partial charge in [0.05, 0.1) is 0 Å². The van der Waals surface area contributed by atoms with Gasteiger partial charge in [0.1, 0.15) is 0 Å². The van der Waals surface area contributed by atoms with Crippen LogP contribution in [0.15, 0.2) is 65.7 Å². The van der Waals surface area contributed by atoms with E-state index in [9.17, 15) is 4.79 Å². The first kappa shape index (κ1) is 13.1. The Bertz CT molecular complexity index is 640. The average Bonchev–Trinajstić information content (AvgIpc) is 2.75. The van der Waals surface area contributed by atoms with Crippen LogP contribution in [0, 0.1) is 0 Å². The Hall–Kier alpha value is -1.90. The Labute approximate surface area is 126 Å². The molecule has 3 nitrogen and oxygen atoms in total. The van der Waals surface area contributed by atoms with Crippen molar-refractivity contribution in [2.24, 2.45) is 4.99 Å². The Balaban J connectivity index is 1.82. The van der Waals surface area contributed by atoms with Gasteiger partial charge < -0.3 is 0 Å². The summed E-state index contributed by atoms with van der Waals surface area (Å²) in [5.74, 6) is 0.0220. The van der Waals surface area contributed by atoms with Gasteiger partial charge >= 0.3 is 126 Å². The molecule has 2 aromatic carbocycles. The van der Waals surface area contributed by atoms with Crippen molar-refractivity contribution in [1.29, 1.82) is 0 Å². The molecule has 4 heteroatoms. The summed E-state index contributed by atoms with van der Waals surface area (Å²) >= 11 is 2.89. The molecule has 0 spiro atoms. The van der Waals surface area contributed by atoms with Gasteiger partial charge in [0, 0.05) is 0 Å². The first-order valence-electron chi connectivity index (χ1n) is 6.43. The molecule has 1 heterocycles. The molecule has 1 radical (unpaired) electrons. The van der Waals surface area contributed by atoms with E-state index in [0.29, 0.717) is 11.2 Å². The second-order valence-corrected chi connectivity index (χ2v) is 5.39. The van der Waals surface area contributed by atoms with Crippen molar-refractivity contribution < 1.29 is 4.79 Å². The van der Waals surface area contributed by atoms with E-state index in [1.54, 1.807) is 4.90 Å². The van der Waals surface area contributed by atoms with E-state index in [1.807, 2.05) is 60.7 Å². The molecule has 0 N–H and O–H groups in total. The number of carbonyl (C=O) groups is 1. The molecule has 2 aromatic rings. The minimum absolute atomic E-state index is 0.0220. The van der Waals surface area contributed by atoms with Crippen LogP contribution in [-0.2, 0) is 11.2 Å². The van der Waals surface area contributed by atoms with Crippen LogP contribution in [0.4, 0.5) is 5.69 Å². The number of carbonyl (C=O) groups excluding carboxylic acids is 1. The summed E-state index contributed by atoms with van der Waals surface area (Å²) in [6.45, 7) is 0. The first-order valence-corrected chi connectivity index (χ1v) is 7.29. The minimum atomic E-state index is -0.339. The monoisotopic (exact) mass is 329 g/mol. The zero-order chi connectivity index (χ0) is 13.9. The van der Waals surface area contributed by atoms with E-state index in [-0.39, 0.29) is 11.9 Å². The number of hydrogen-bond acceptors (Lipinski definition) is 2. The molecule has 1 amide bonds. The van der Waals surface area contributed by atoms with Gasteiger partial charge in [0.25, 0.3) is 0 Å². The average molecular weight is 328 g/mol. The molecule has 0 unspecified atom stereocenters. The fraction of sp³-hybridized carbons (Fsp3) is 0.125. The quantitative estimate of drug-likeness (QED) is 0.795. The topological polar surface area (TPSA) is 32.7 Å². The van der Waals surface area contributed by atoms with Gasteiger partial charge in [-0.25, -0.2) is 0 Å². The Morgan fingerprint density at radius 1 is 1.00 bits per heavy atom. The summed E-state index contributed by atoms with van der Waals surface area (Å²) in [5.41, 5.74) is 1.97. The van der Waals surface area contributed by atoms with Crippen LogP contribution in [0.5, 0.6) is 0 Å². The van der Waals surface area contributed by atoms with Gasteiger partial charge in [-0.15, -0.1) is 0 Å². The number of aliphatic imine (C=N–C) groups is 1. The third-order valence-electron chi connectivity index (χ3n) is 3.25. The molecule has 3 rings (SSSR count). The third kappa shape index (κ3) is 2.53. The van der Waals surface area contributed by atoms with Crippen LogP contribution >= 0.6 is 0 Å². The van der Waals surface area contributed by atoms with E-state index in [4.69, 9.17) is 0 Å². The molecular weight excluding hydrogens is 315 g/mol. The van der Waals surface area contributed by atoms with Gasteiger partial charge in [-0.2, -0.15) is 0 Å². The Morgan fingerprint density at radius 3 is 2.25 bits per heavy atom. The molecule has 0 saturated carbocycles. The fourth-order valence-corrected chi connectivity index (χ4v) is 2.95. The van der Waals surface area contributed by atoms with Gasteiger partial charge in [0.2, 0.25) is 0 Å². The molecule has 1 aliphatic heterocycles. The molecule has 0 fully saturated rings. The Kier molecular flexibility index (Phi) is 3.68. The Morgan fingerprint density at radius 2 is 1.60 bits per heavy atom. The maximum absolute atomic E-state index is 12.5. The summed E-state index contributed by atoms with van der Waals surface area (Å²) in [5, 5.41) is 0. The van der Waals surface area contributed by atoms with E-state index in [2.05, 4.69) is 21.0 Å². The molecule has 20 heavy (non-hydrogen) atoms. The van der Waals surface area contributed by atoms with Crippen molar-refractivity contribution in [1.82, 2.24) is 0 Å². The molecular formula is C16H13N2OSe. The summed E-state index contributed by atoms with van der Waals surface area (Å²) in [7, 11) is 0. The summed E-state index contributed by atoms with van der Waals surface area (Å²) in [4.78, 5) is 18.6. The third-order valence-corrected chi connectivity index (χ3v) is 3.85. The number of rotatable bonds is 3. The zero-order valence-electron chi connectivity index (χ0n) is 10.8. The van der Waals surface area contributed by atoms with Crippen molar-refractivity contribution in [3.8, 4) is 0 Å². The molecule has 99 valence electrons. The van der Waals surface area contributed by atoms with Crippen LogP contribution in [0.25, 0.3) is 0 Å². The van der Waals surface area contributed by atoms with Crippen molar-refractivity contribution in [3.05, 3.63) is 66.2 Å².